The summed E-state index contributed by atoms with van der Waals surface area (Å²) in [5.41, 5.74) is 11.1. The fourth-order valence-corrected chi connectivity index (χ4v) is 4.50. The number of rotatable bonds is 3. The van der Waals surface area contributed by atoms with Crippen LogP contribution >= 0.6 is 0 Å². The van der Waals surface area contributed by atoms with Crippen molar-refractivity contribution in [3.8, 4) is 22.5 Å². The normalized spacial score (nSPS) is 15.3. The number of anilines is 1. The molecule has 30 heavy (non-hydrogen) atoms. The first kappa shape index (κ1) is 17.2. The van der Waals surface area contributed by atoms with Crippen molar-refractivity contribution in [1.29, 1.82) is 0 Å². The van der Waals surface area contributed by atoms with E-state index in [0.29, 0.717) is 23.2 Å². The average molecular weight is 399 g/mol. The average Bonchev–Trinajstić information content (AvgIpc) is 3.53. The third-order valence-corrected chi connectivity index (χ3v) is 6.06. The van der Waals surface area contributed by atoms with Crippen LogP contribution in [0, 0.1) is 0 Å². The van der Waals surface area contributed by atoms with Crippen molar-refractivity contribution in [2.75, 3.05) is 5.73 Å². The molecule has 150 valence electrons. The first-order valence-electron chi connectivity index (χ1n) is 10.3. The van der Waals surface area contributed by atoms with Gasteiger partial charge in [-0.1, -0.05) is 25.3 Å². The summed E-state index contributed by atoms with van der Waals surface area (Å²) in [6.45, 7) is 0. The fourth-order valence-electron chi connectivity index (χ4n) is 4.50. The highest BCUT2D eigenvalue weighted by atomic mass is 16.3. The van der Waals surface area contributed by atoms with E-state index in [9.17, 15) is 0 Å². The maximum atomic E-state index is 6.15. The van der Waals surface area contributed by atoms with Gasteiger partial charge in [-0.05, 0) is 31.0 Å². The van der Waals surface area contributed by atoms with Crippen LogP contribution in [-0.4, -0.2) is 30.2 Å². The van der Waals surface area contributed by atoms with E-state index in [0.717, 1.165) is 33.1 Å². The zero-order valence-corrected chi connectivity index (χ0v) is 16.4. The molecule has 0 radical (unpaired) electrons. The van der Waals surface area contributed by atoms with Crippen molar-refractivity contribution in [2.45, 2.75) is 38.1 Å². The molecular weight excluding hydrogens is 378 g/mol. The third kappa shape index (κ3) is 2.67. The summed E-state index contributed by atoms with van der Waals surface area (Å²) in [6, 6.07) is 8.29. The Morgan fingerprint density at radius 1 is 1.07 bits per heavy atom. The Balaban J connectivity index is 1.47. The Labute approximate surface area is 172 Å². The molecule has 1 aliphatic carbocycles. The van der Waals surface area contributed by atoms with Crippen molar-refractivity contribution in [3.05, 3.63) is 42.9 Å². The van der Waals surface area contributed by atoms with Gasteiger partial charge >= 0.3 is 0 Å². The maximum Gasteiger partial charge on any atom is 0.177 e. The zero-order chi connectivity index (χ0) is 20.1. The van der Waals surface area contributed by atoms with Gasteiger partial charge in [0.25, 0.3) is 0 Å². The van der Waals surface area contributed by atoms with Crippen LogP contribution in [-0.2, 0) is 0 Å². The van der Waals surface area contributed by atoms with E-state index in [1.54, 1.807) is 6.20 Å². The van der Waals surface area contributed by atoms with E-state index in [2.05, 4.69) is 36.4 Å². The number of benzene rings is 1. The molecule has 3 N–H and O–H groups in total. The number of hydrogen-bond donors (Lipinski definition) is 2. The standard InChI is InChI=1S/C22H21N7O/c23-22-21-16(9-19(30-21)15-7-4-8-18-20(15)27-28-26-18)17(11-24-22)13-10-25-29(12-13)14-5-2-1-3-6-14/h4,7-12,14H,1-3,5-6H2,(H2,23,24)(H,26,27,28). The smallest absolute Gasteiger partial charge is 0.177 e. The topological polar surface area (TPSA) is 111 Å². The molecule has 0 amide bonds. The van der Waals surface area contributed by atoms with Crippen LogP contribution in [0.25, 0.3) is 44.5 Å². The van der Waals surface area contributed by atoms with Crippen LogP contribution in [0.3, 0.4) is 0 Å². The number of para-hydroxylation sites is 1. The first-order chi connectivity index (χ1) is 14.8. The lowest BCUT2D eigenvalue weighted by atomic mass is 9.96. The number of aromatic amines is 1. The SMILES string of the molecule is Nc1ncc(-c2cnn(C3CCCCC3)c2)c2cc(-c3cccc4n[nH]nc34)oc12. The zero-order valence-electron chi connectivity index (χ0n) is 16.4. The first-order valence-corrected chi connectivity index (χ1v) is 10.3. The molecule has 4 heterocycles. The minimum atomic E-state index is 0.368. The van der Waals surface area contributed by atoms with Gasteiger partial charge in [-0.3, -0.25) is 4.68 Å². The van der Waals surface area contributed by atoms with Gasteiger partial charge in [0.1, 0.15) is 16.8 Å². The largest absolute Gasteiger partial charge is 0.452 e. The third-order valence-electron chi connectivity index (χ3n) is 6.06. The van der Waals surface area contributed by atoms with Gasteiger partial charge in [0.15, 0.2) is 11.4 Å². The number of nitrogens with two attached hydrogens (primary N) is 1. The second-order valence-electron chi connectivity index (χ2n) is 7.91. The molecular formula is C22H21N7O. The van der Waals surface area contributed by atoms with E-state index in [1.807, 2.05) is 30.5 Å². The monoisotopic (exact) mass is 399 g/mol. The highest BCUT2D eigenvalue weighted by Crippen LogP contribution is 2.38. The van der Waals surface area contributed by atoms with E-state index < -0.39 is 0 Å². The molecule has 5 aromatic rings. The lowest BCUT2D eigenvalue weighted by Crippen LogP contribution is -2.12. The molecule has 1 aliphatic rings. The van der Waals surface area contributed by atoms with Gasteiger partial charge in [-0.25, -0.2) is 4.98 Å². The van der Waals surface area contributed by atoms with Crippen molar-refractivity contribution in [3.63, 3.8) is 0 Å². The molecule has 0 aliphatic heterocycles. The summed E-state index contributed by atoms with van der Waals surface area (Å²) in [6.07, 6.45) is 12.1. The number of hydrogen-bond acceptors (Lipinski definition) is 6. The summed E-state index contributed by atoms with van der Waals surface area (Å²) in [7, 11) is 0. The summed E-state index contributed by atoms with van der Waals surface area (Å²) in [5, 5.41) is 16.7. The number of furan rings is 1. The Bertz CT molecular complexity index is 1360. The van der Waals surface area contributed by atoms with Gasteiger partial charge in [0, 0.05) is 34.5 Å². The van der Waals surface area contributed by atoms with Crippen molar-refractivity contribution >= 4 is 27.8 Å². The van der Waals surface area contributed by atoms with Gasteiger partial charge in [-0.2, -0.15) is 20.5 Å². The minimum Gasteiger partial charge on any atom is -0.452 e. The highest BCUT2D eigenvalue weighted by molar-refractivity contribution is 6.01. The molecule has 1 fully saturated rings. The summed E-state index contributed by atoms with van der Waals surface area (Å²) in [4.78, 5) is 4.38. The van der Waals surface area contributed by atoms with Crippen molar-refractivity contribution < 1.29 is 4.42 Å². The Morgan fingerprint density at radius 3 is 2.87 bits per heavy atom. The lowest BCUT2D eigenvalue weighted by Gasteiger charge is -2.21. The van der Waals surface area contributed by atoms with Crippen LogP contribution < -0.4 is 5.73 Å². The number of fused-ring (bicyclic) bond motifs is 2. The number of nitrogens with one attached hydrogen (secondary N) is 1. The number of pyridine rings is 1. The molecule has 0 unspecified atom stereocenters. The molecule has 8 heteroatoms. The molecule has 0 bridgehead atoms. The Kier molecular flexibility index (Phi) is 3.83. The van der Waals surface area contributed by atoms with Gasteiger partial charge in [0.2, 0.25) is 0 Å². The lowest BCUT2D eigenvalue weighted by molar-refractivity contribution is 0.329. The summed E-state index contributed by atoms with van der Waals surface area (Å²) >= 11 is 0. The Morgan fingerprint density at radius 2 is 1.97 bits per heavy atom. The van der Waals surface area contributed by atoms with Gasteiger partial charge in [0.05, 0.1) is 12.2 Å². The summed E-state index contributed by atoms with van der Waals surface area (Å²) < 4.78 is 8.26. The molecule has 8 nitrogen and oxygen atoms in total. The van der Waals surface area contributed by atoms with E-state index in [4.69, 9.17) is 10.2 Å². The van der Waals surface area contributed by atoms with Crippen molar-refractivity contribution in [2.24, 2.45) is 0 Å². The highest BCUT2D eigenvalue weighted by Gasteiger charge is 2.20. The van der Waals surface area contributed by atoms with E-state index in [1.165, 1.54) is 32.1 Å². The molecule has 1 aromatic carbocycles. The molecule has 0 atom stereocenters. The van der Waals surface area contributed by atoms with Crippen LogP contribution in [0.5, 0.6) is 0 Å². The number of nitrogens with zero attached hydrogens (tertiary/aromatic N) is 5. The predicted molar refractivity (Wildman–Crippen MR) is 115 cm³/mol. The second-order valence-corrected chi connectivity index (χ2v) is 7.91. The van der Waals surface area contributed by atoms with Crippen LogP contribution in [0.2, 0.25) is 0 Å². The van der Waals surface area contributed by atoms with Crippen LogP contribution in [0.1, 0.15) is 38.1 Å². The molecule has 0 spiro atoms. The molecule has 4 aromatic heterocycles. The van der Waals surface area contributed by atoms with Gasteiger partial charge < -0.3 is 10.2 Å². The van der Waals surface area contributed by atoms with Gasteiger partial charge in [-0.15, -0.1) is 0 Å². The molecule has 1 saturated carbocycles. The Hall–Kier alpha value is -3.68. The van der Waals surface area contributed by atoms with Crippen LogP contribution in [0.4, 0.5) is 5.82 Å². The minimum absolute atomic E-state index is 0.368. The summed E-state index contributed by atoms with van der Waals surface area (Å²) in [5.74, 6) is 1.05. The van der Waals surface area contributed by atoms with Crippen LogP contribution in [0.15, 0.2) is 47.3 Å². The van der Waals surface area contributed by atoms with E-state index in [-0.39, 0.29) is 0 Å². The number of nitrogen functional groups attached to an aromatic ring is 1. The number of aromatic nitrogens is 6. The quantitative estimate of drug-likeness (QED) is 0.454. The van der Waals surface area contributed by atoms with Crippen molar-refractivity contribution in [1.82, 2.24) is 30.2 Å². The second kappa shape index (κ2) is 6.69. The van der Waals surface area contributed by atoms with E-state index >= 15 is 0 Å². The molecule has 6 rings (SSSR count). The number of H-pyrrole nitrogens is 1. The fraction of sp³-hybridized carbons (Fsp3) is 0.273. The predicted octanol–water partition coefficient (Wildman–Crippen LogP) is 4.72. The maximum absolute atomic E-state index is 6.15. The molecule has 0 saturated heterocycles.